The Morgan fingerprint density at radius 2 is 2.43 bits per heavy atom. The van der Waals surface area contributed by atoms with E-state index in [1.807, 2.05) is 0 Å². The summed E-state index contributed by atoms with van der Waals surface area (Å²) in [7, 11) is 0. The van der Waals surface area contributed by atoms with Crippen molar-refractivity contribution in [2.24, 2.45) is 5.73 Å². The molecule has 1 heterocycles. The highest BCUT2D eigenvalue weighted by Gasteiger charge is 2.25. The molecule has 2 rings (SSSR count). The summed E-state index contributed by atoms with van der Waals surface area (Å²) < 4.78 is 5.05. The molecule has 2 N–H and O–H groups in total. The summed E-state index contributed by atoms with van der Waals surface area (Å²) in [6.07, 6.45) is 9.15. The van der Waals surface area contributed by atoms with Gasteiger partial charge in [-0.25, -0.2) is 0 Å². The van der Waals surface area contributed by atoms with Gasteiger partial charge in [0.25, 0.3) is 0 Å². The van der Waals surface area contributed by atoms with Crippen LogP contribution in [0.25, 0.3) is 0 Å². The van der Waals surface area contributed by atoms with Crippen LogP contribution < -0.4 is 5.73 Å². The molecule has 74 valence electrons. The molecule has 0 bridgehead atoms. The first-order valence-corrected chi connectivity index (χ1v) is 4.84. The molecular formula is C10H13N3O. The number of rotatable bonds is 3. The van der Waals surface area contributed by atoms with Crippen LogP contribution in [0.1, 0.15) is 49.4 Å². The number of hydrogen-bond donors (Lipinski definition) is 1. The van der Waals surface area contributed by atoms with E-state index in [-0.39, 0.29) is 6.04 Å². The van der Waals surface area contributed by atoms with Crippen LogP contribution in [0, 0.1) is 12.3 Å². The zero-order valence-corrected chi connectivity index (χ0v) is 7.94. The van der Waals surface area contributed by atoms with Gasteiger partial charge < -0.3 is 10.3 Å². The molecule has 1 atom stereocenters. The van der Waals surface area contributed by atoms with Gasteiger partial charge in [0.05, 0.1) is 6.04 Å². The molecule has 14 heavy (non-hydrogen) atoms. The summed E-state index contributed by atoms with van der Waals surface area (Å²) in [5.41, 5.74) is 5.74. The Morgan fingerprint density at radius 1 is 1.64 bits per heavy atom. The third-order valence-corrected chi connectivity index (χ3v) is 2.58. The normalized spacial score (nSPS) is 18.6. The van der Waals surface area contributed by atoms with Gasteiger partial charge in [-0.15, -0.1) is 12.3 Å². The smallest absolute Gasteiger partial charge is 0.244 e. The molecule has 1 saturated carbocycles. The van der Waals surface area contributed by atoms with Crippen LogP contribution in [0.3, 0.4) is 0 Å². The van der Waals surface area contributed by atoms with E-state index in [1.165, 1.54) is 6.42 Å². The quantitative estimate of drug-likeness (QED) is 0.732. The number of nitrogens with zero attached hydrogens (tertiary/aromatic N) is 2. The second-order valence-corrected chi connectivity index (χ2v) is 3.63. The van der Waals surface area contributed by atoms with E-state index in [0.29, 0.717) is 18.2 Å². The molecule has 0 spiro atoms. The van der Waals surface area contributed by atoms with Gasteiger partial charge in [-0.1, -0.05) is 11.6 Å². The summed E-state index contributed by atoms with van der Waals surface area (Å²) in [4.78, 5) is 4.25. The minimum atomic E-state index is -0.318. The van der Waals surface area contributed by atoms with Crippen LogP contribution in [0.5, 0.6) is 0 Å². The predicted octanol–water partition coefficient (Wildman–Crippen LogP) is 1.36. The molecule has 4 heteroatoms. The van der Waals surface area contributed by atoms with Gasteiger partial charge in [0.2, 0.25) is 5.89 Å². The summed E-state index contributed by atoms with van der Waals surface area (Å²) in [5, 5.41) is 3.91. The van der Waals surface area contributed by atoms with Gasteiger partial charge >= 0.3 is 0 Å². The molecule has 0 radical (unpaired) electrons. The van der Waals surface area contributed by atoms with E-state index in [1.54, 1.807) is 0 Å². The summed E-state index contributed by atoms with van der Waals surface area (Å²) in [6, 6.07) is -0.318. The average molecular weight is 191 g/mol. The zero-order chi connectivity index (χ0) is 9.97. The number of terminal acetylenes is 1. The molecule has 1 aromatic rings. The van der Waals surface area contributed by atoms with Crippen LogP contribution in [-0.2, 0) is 0 Å². The Kier molecular flexibility index (Phi) is 2.51. The summed E-state index contributed by atoms with van der Waals surface area (Å²) in [6.45, 7) is 0. The second-order valence-electron chi connectivity index (χ2n) is 3.63. The molecule has 0 amide bonds. The van der Waals surface area contributed by atoms with Gasteiger partial charge in [-0.3, -0.25) is 0 Å². The van der Waals surface area contributed by atoms with Gasteiger partial charge in [0, 0.05) is 12.3 Å². The Morgan fingerprint density at radius 3 is 3.00 bits per heavy atom. The van der Waals surface area contributed by atoms with Crippen molar-refractivity contribution in [2.45, 2.75) is 37.6 Å². The van der Waals surface area contributed by atoms with Crippen molar-refractivity contribution in [1.82, 2.24) is 10.1 Å². The highest BCUT2D eigenvalue weighted by Crippen LogP contribution is 2.34. The lowest BCUT2D eigenvalue weighted by atomic mass is 9.85. The van der Waals surface area contributed by atoms with Gasteiger partial charge in [-0.2, -0.15) is 4.98 Å². The van der Waals surface area contributed by atoms with Crippen molar-refractivity contribution in [1.29, 1.82) is 0 Å². The van der Waals surface area contributed by atoms with Crippen molar-refractivity contribution in [2.75, 3.05) is 0 Å². The van der Waals surface area contributed by atoms with E-state index in [2.05, 4.69) is 16.1 Å². The monoisotopic (exact) mass is 191 g/mol. The molecule has 1 aliphatic rings. The van der Waals surface area contributed by atoms with Crippen molar-refractivity contribution in [3.05, 3.63) is 11.7 Å². The maximum Gasteiger partial charge on any atom is 0.244 e. The van der Waals surface area contributed by atoms with E-state index in [4.69, 9.17) is 16.7 Å². The summed E-state index contributed by atoms with van der Waals surface area (Å²) >= 11 is 0. The van der Waals surface area contributed by atoms with Crippen molar-refractivity contribution >= 4 is 0 Å². The standard InChI is InChI=1S/C10H13N3O/c1-2-4-8(11)10-12-9(13-14-10)7-5-3-6-7/h1,7-8H,3-6,11H2. The first-order valence-electron chi connectivity index (χ1n) is 4.84. The van der Waals surface area contributed by atoms with E-state index < -0.39 is 0 Å². The lowest BCUT2D eigenvalue weighted by molar-refractivity contribution is 0.335. The Labute approximate surface area is 82.9 Å². The Bertz CT molecular complexity index is 348. The van der Waals surface area contributed by atoms with Crippen LogP contribution in [0.2, 0.25) is 0 Å². The fourth-order valence-corrected chi connectivity index (χ4v) is 1.44. The first-order chi connectivity index (χ1) is 6.81. The molecule has 0 aliphatic heterocycles. The zero-order valence-electron chi connectivity index (χ0n) is 7.94. The molecule has 1 unspecified atom stereocenters. The van der Waals surface area contributed by atoms with Gasteiger partial charge in [0.1, 0.15) is 0 Å². The minimum absolute atomic E-state index is 0.318. The first kappa shape index (κ1) is 9.22. The molecule has 1 fully saturated rings. The molecule has 4 nitrogen and oxygen atoms in total. The molecule has 0 aromatic carbocycles. The SMILES string of the molecule is C#CCC(N)c1nc(C2CCC2)no1. The maximum atomic E-state index is 5.74. The van der Waals surface area contributed by atoms with Gasteiger partial charge in [-0.05, 0) is 12.8 Å². The van der Waals surface area contributed by atoms with Crippen LogP contribution in [-0.4, -0.2) is 10.1 Å². The van der Waals surface area contributed by atoms with Crippen molar-refractivity contribution < 1.29 is 4.52 Å². The lowest BCUT2D eigenvalue weighted by Gasteiger charge is -2.20. The molecular weight excluding hydrogens is 178 g/mol. The minimum Gasteiger partial charge on any atom is -0.338 e. The van der Waals surface area contributed by atoms with Crippen LogP contribution in [0.4, 0.5) is 0 Å². The maximum absolute atomic E-state index is 5.74. The topological polar surface area (TPSA) is 64.9 Å². The van der Waals surface area contributed by atoms with E-state index in [9.17, 15) is 0 Å². The van der Waals surface area contributed by atoms with Crippen LogP contribution >= 0.6 is 0 Å². The Hall–Kier alpha value is -1.34. The van der Waals surface area contributed by atoms with Crippen LogP contribution in [0.15, 0.2) is 4.52 Å². The number of nitrogens with two attached hydrogens (primary N) is 1. The number of aromatic nitrogens is 2. The predicted molar refractivity (Wildman–Crippen MR) is 51.3 cm³/mol. The van der Waals surface area contributed by atoms with E-state index in [0.717, 1.165) is 18.7 Å². The van der Waals surface area contributed by atoms with E-state index >= 15 is 0 Å². The highest BCUT2D eigenvalue weighted by molar-refractivity contribution is 5.03. The lowest BCUT2D eigenvalue weighted by Crippen LogP contribution is -2.12. The largest absolute Gasteiger partial charge is 0.338 e. The average Bonchev–Trinajstić information content (AvgIpc) is 2.50. The molecule has 1 aliphatic carbocycles. The second kappa shape index (κ2) is 3.81. The van der Waals surface area contributed by atoms with Gasteiger partial charge in [0.15, 0.2) is 5.82 Å². The highest BCUT2D eigenvalue weighted by atomic mass is 16.5. The Balaban J connectivity index is 2.05. The third kappa shape index (κ3) is 1.64. The third-order valence-electron chi connectivity index (χ3n) is 2.58. The molecule has 1 aromatic heterocycles. The summed E-state index contributed by atoms with van der Waals surface area (Å²) in [5.74, 6) is 4.21. The van der Waals surface area contributed by atoms with Crippen molar-refractivity contribution in [3.63, 3.8) is 0 Å². The number of hydrogen-bond acceptors (Lipinski definition) is 4. The fourth-order valence-electron chi connectivity index (χ4n) is 1.44. The molecule has 0 saturated heterocycles. The van der Waals surface area contributed by atoms with Crippen molar-refractivity contribution in [3.8, 4) is 12.3 Å². The fraction of sp³-hybridized carbons (Fsp3) is 0.600.